The Hall–Kier alpha value is -2.38. The fraction of sp³-hybridized carbons (Fsp3) is 0.118. The number of carbonyl (C=O) groups is 1. The van der Waals surface area contributed by atoms with E-state index in [4.69, 9.17) is 5.73 Å². The molecular weight excluding hydrogens is 344 g/mol. The van der Waals surface area contributed by atoms with E-state index >= 15 is 0 Å². The molecule has 5 nitrogen and oxygen atoms in total. The van der Waals surface area contributed by atoms with Crippen molar-refractivity contribution in [1.82, 2.24) is 0 Å². The molecule has 0 aliphatic rings. The van der Waals surface area contributed by atoms with E-state index in [0.717, 1.165) is 10.1 Å². The predicted octanol–water partition coefficient (Wildman–Crippen LogP) is 3.22. The first-order chi connectivity index (χ1) is 11.4. The first-order valence-electron chi connectivity index (χ1n) is 7.34. The number of sulfonamides is 1. The van der Waals surface area contributed by atoms with Crippen molar-refractivity contribution in [2.24, 2.45) is 5.73 Å². The van der Waals surface area contributed by atoms with Gasteiger partial charge >= 0.3 is 0 Å². The van der Waals surface area contributed by atoms with Gasteiger partial charge in [0.25, 0.3) is 15.9 Å². The minimum atomic E-state index is -3.64. The van der Waals surface area contributed by atoms with E-state index in [1.165, 1.54) is 15.6 Å². The summed E-state index contributed by atoms with van der Waals surface area (Å²) < 4.78 is 28.0. The molecule has 3 rings (SSSR count). The monoisotopic (exact) mass is 360 g/mol. The highest BCUT2D eigenvalue weighted by Gasteiger charge is 2.23. The molecular formula is C17H16N2O3S2. The van der Waals surface area contributed by atoms with Crippen LogP contribution in [0.4, 0.5) is 5.69 Å². The van der Waals surface area contributed by atoms with E-state index < -0.39 is 15.9 Å². The van der Waals surface area contributed by atoms with Gasteiger partial charge in [0.1, 0.15) is 0 Å². The van der Waals surface area contributed by atoms with Gasteiger partial charge in [0.05, 0.1) is 15.5 Å². The van der Waals surface area contributed by atoms with Crippen molar-refractivity contribution in [2.45, 2.75) is 11.8 Å². The summed E-state index contributed by atoms with van der Waals surface area (Å²) in [6, 6.07) is 15.3. The Morgan fingerprint density at radius 2 is 1.83 bits per heavy atom. The van der Waals surface area contributed by atoms with Crippen LogP contribution in [0.3, 0.4) is 0 Å². The molecule has 0 bridgehead atoms. The van der Waals surface area contributed by atoms with Crippen molar-refractivity contribution >= 4 is 43.0 Å². The molecule has 1 heterocycles. The van der Waals surface area contributed by atoms with Gasteiger partial charge in [-0.25, -0.2) is 8.42 Å². The third kappa shape index (κ3) is 2.88. The van der Waals surface area contributed by atoms with Crippen LogP contribution >= 0.6 is 11.3 Å². The third-order valence-electron chi connectivity index (χ3n) is 3.65. The van der Waals surface area contributed by atoms with Crippen molar-refractivity contribution in [3.8, 4) is 0 Å². The van der Waals surface area contributed by atoms with E-state index in [1.54, 1.807) is 55.5 Å². The lowest BCUT2D eigenvalue weighted by atomic mass is 10.2. The minimum absolute atomic E-state index is 0.245. The number of hydrogen-bond acceptors (Lipinski definition) is 4. The zero-order chi connectivity index (χ0) is 17.3. The van der Waals surface area contributed by atoms with Crippen LogP contribution in [-0.4, -0.2) is 20.9 Å². The van der Waals surface area contributed by atoms with Gasteiger partial charge in [-0.1, -0.05) is 18.2 Å². The Bertz CT molecular complexity index is 995. The van der Waals surface area contributed by atoms with Crippen molar-refractivity contribution in [3.63, 3.8) is 0 Å². The lowest BCUT2D eigenvalue weighted by Crippen LogP contribution is -2.30. The normalized spacial score (nSPS) is 11.5. The zero-order valence-corrected chi connectivity index (χ0v) is 14.6. The summed E-state index contributed by atoms with van der Waals surface area (Å²) in [4.78, 5) is 12.0. The molecule has 0 atom stereocenters. The molecule has 3 aromatic rings. The number of thiophene rings is 1. The molecule has 2 aromatic carbocycles. The van der Waals surface area contributed by atoms with Gasteiger partial charge in [-0.05, 0) is 48.7 Å². The molecule has 0 fully saturated rings. The van der Waals surface area contributed by atoms with E-state index in [0.29, 0.717) is 17.1 Å². The van der Waals surface area contributed by atoms with Gasteiger partial charge in [0.15, 0.2) is 0 Å². The fourth-order valence-electron chi connectivity index (χ4n) is 2.52. The number of fused-ring (bicyclic) bond motifs is 1. The molecule has 1 aromatic heterocycles. The van der Waals surface area contributed by atoms with Crippen LogP contribution in [0.1, 0.15) is 16.6 Å². The van der Waals surface area contributed by atoms with Gasteiger partial charge in [-0.2, -0.15) is 0 Å². The average molecular weight is 360 g/mol. The summed E-state index contributed by atoms with van der Waals surface area (Å²) in [7, 11) is -3.64. The number of benzene rings is 2. The van der Waals surface area contributed by atoms with Crippen LogP contribution in [-0.2, 0) is 10.0 Å². The van der Waals surface area contributed by atoms with Gasteiger partial charge in [0.2, 0.25) is 0 Å². The number of hydrogen-bond donors (Lipinski definition) is 1. The van der Waals surface area contributed by atoms with Crippen molar-refractivity contribution in [1.29, 1.82) is 0 Å². The Kier molecular flexibility index (Phi) is 4.29. The Morgan fingerprint density at radius 1 is 1.12 bits per heavy atom. The second-order valence-corrected chi connectivity index (χ2v) is 8.13. The molecule has 0 spiro atoms. The maximum absolute atomic E-state index is 12.9. The highest BCUT2D eigenvalue weighted by atomic mass is 32.2. The molecule has 0 radical (unpaired) electrons. The summed E-state index contributed by atoms with van der Waals surface area (Å²) in [6.07, 6.45) is 0. The number of anilines is 1. The highest BCUT2D eigenvalue weighted by Crippen LogP contribution is 2.31. The van der Waals surface area contributed by atoms with Crippen LogP contribution in [0.15, 0.2) is 59.5 Å². The smallest absolute Gasteiger partial charge is 0.264 e. The lowest BCUT2D eigenvalue weighted by molar-refractivity contribution is 0.100. The largest absolute Gasteiger partial charge is 0.365 e. The van der Waals surface area contributed by atoms with Crippen LogP contribution in [0.5, 0.6) is 0 Å². The van der Waals surface area contributed by atoms with Gasteiger partial charge in [0, 0.05) is 11.2 Å². The summed E-state index contributed by atoms with van der Waals surface area (Å²) in [6.45, 7) is 2.09. The van der Waals surface area contributed by atoms with E-state index in [-0.39, 0.29) is 4.90 Å². The predicted molar refractivity (Wildman–Crippen MR) is 97.0 cm³/mol. The van der Waals surface area contributed by atoms with Crippen LogP contribution < -0.4 is 10.0 Å². The van der Waals surface area contributed by atoms with Crippen molar-refractivity contribution < 1.29 is 13.2 Å². The second-order valence-electron chi connectivity index (χ2n) is 5.18. The number of primary amides is 1. The van der Waals surface area contributed by atoms with Crippen molar-refractivity contribution in [3.05, 3.63) is 59.5 Å². The standard InChI is InChI=1S/C17H16N2O3S2/c1-2-19(24(21,22)14-6-4-3-5-7-14)13-8-9-15-12(10-13)11-16(23-15)17(18)20/h3-11H,2H2,1H3,(H2,18,20). The van der Waals surface area contributed by atoms with Crippen LogP contribution in [0.25, 0.3) is 10.1 Å². The molecule has 0 aliphatic heterocycles. The molecule has 0 saturated heterocycles. The Labute approximate surface area is 144 Å². The SMILES string of the molecule is CCN(c1ccc2sc(C(N)=O)cc2c1)S(=O)(=O)c1ccccc1. The first-order valence-corrected chi connectivity index (χ1v) is 9.60. The van der Waals surface area contributed by atoms with Gasteiger partial charge < -0.3 is 5.73 Å². The molecule has 7 heteroatoms. The average Bonchev–Trinajstić information content (AvgIpc) is 3.00. The molecule has 0 aliphatic carbocycles. The zero-order valence-electron chi connectivity index (χ0n) is 13.0. The number of rotatable bonds is 5. The summed E-state index contributed by atoms with van der Waals surface area (Å²) in [5.74, 6) is -0.484. The quantitative estimate of drug-likeness (QED) is 0.758. The molecule has 124 valence electrons. The molecule has 0 unspecified atom stereocenters. The highest BCUT2D eigenvalue weighted by molar-refractivity contribution is 7.92. The van der Waals surface area contributed by atoms with E-state index in [9.17, 15) is 13.2 Å². The number of nitrogens with two attached hydrogens (primary N) is 1. The number of amides is 1. The minimum Gasteiger partial charge on any atom is -0.365 e. The topological polar surface area (TPSA) is 80.5 Å². The van der Waals surface area contributed by atoms with Gasteiger partial charge in [-0.3, -0.25) is 9.10 Å². The number of carbonyl (C=O) groups excluding carboxylic acids is 1. The maximum atomic E-state index is 12.9. The number of nitrogens with zero attached hydrogens (tertiary/aromatic N) is 1. The van der Waals surface area contributed by atoms with Crippen LogP contribution in [0, 0.1) is 0 Å². The summed E-state index contributed by atoms with van der Waals surface area (Å²) >= 11 is 1.29. The molecule has 2 N–H and O–H groups in total. The maximum Gasteiger partial charge on any atom is 0.264 e. The van der Waals surface area contributed by atoms with E-state index in [2.05, 4.69) is 0 Å². The second kappa shape index (κ2) is 6.26. The van der Waals surface area contributed by atoms with Crippen LogP contribution in [0.2, 0.25) is 0 Å². The molecule has 24 heavy (non-hydrogen) atoms. The molecule has 1 amide bonds. The third-order valence-corrected chi connectivity index (χ3v) is 6.70. The van der Waals surface area contributed by atoms with E-state index in [1.807, 2.05) is 6.07 Å². The Morgan fingerprint density at radius 3 is 2.46 bits per heavy atom. The fourth-order valence-corrected chi connectivity index (χ4v) is 4.90. The van der Waals surface area contributed by atoms with Gasteiger partial charge in [-0.15, -0.1) is 11.3 Å². The Balaban J connectivity index is 2.08. The molecule has 0 saturated carbocycles. The first kappa shape index (κ1) is 16.5. The van der Waals surface area contributed by atoms with Crippen molar-refractivity contribution in [2.75, 3.05) is 10.8 Å². The summed E-state index contributed by atoms with van der Waals surface area (Å²) in [5.41, 5.74) is 5.87. The summed E-state index contributed by atoms with van der Waals surface area (Å²) in [5, 5.41) is 0.799. The lowest BCUT2D eigenvalue weighted by Gasteiger charge is -2.23.